The monoisotopic (exact) mass is 287 g/mol. The third-order valence-electron chi connectivity index (χ3n) is 3.38. The molecule has 0 spiro atoms. The first kappa shape index (κ1) is 14.7. The molecule has 2 bridgehead atoms. The normalized spacial score (nSPS) is 26.6. The fourth-order valence-electron chi connectivity index (χ4n) is 2.45. The predicted molar refractivity (Wildman–Crippen MR) is 66.9 cm³/mol. The van der Waals surface area contributed by atoms with Crippen molar-refractivity contribution in [1.29, 1.82) is 0 Å². The number of urea groups is 1. The number of hydrogen-bond donors (Lipinski definition) is 1. The molecule has 2 amide bonds. The van der Waals surface area contributed by atoms with Crippen LogP contribution in [0.4, 0.5) is 9.18 Å². The zero-order chi connectivity index (χ0) is 14.9. The van der Waals surface area contributed by atoms with Gasteiger partial charge in [-0.1, -0.05) is 11.6 Å². The van der Waals surface area contributed by atoms with Crippen LogP contribution in [0.1, 0.15) is 13.8 Å². The van der Waals surface area contributed by atoms with Crippen molar-refractivity contribution in [3.05, 3.63) is 11.6 Å². The van der Waals surface area contributed by atoms with Gasteiger partial charge in [-0.2, -0.15) is 5.06 Å². The first-order valence-corrected chi connectivity index (χ1v) is 6.45. The molecule has 112 valence electrons. The van der Waals surface area contributed by atoms with Crippen LogP contribution in [-0.2, 0) is 14.4 Å². The van der Waals surface area contributed by atoms with E-state index in [0.29, 0.717) is 6.54 Å². The van der Waals surface area contributed by atoms with E-state index < -0.39 is 24.4 Å². The first-order chi connectivity index (χ1) is 9.49. The predicted octanol–water partition coefficient (Wildman–Crippen LogP) is 0.170. The van der Waals surface area contributed by atoms with Gasteiger partial charge in [0, 0.05) is 13.1 Å². The maximum absolute atomic E-state index is 13.6. The summed E-state index contributed by atoms with van der Waals surface area (Å²) in [5, 5.41) is 0.876. The Bertz CT molecular complexity index is 442. The number of nitrogens with zero attached hydrogens (tertiary/aromatic N) is 2. The largest absolute Gasteiger partial charge is 0.462 e. The van der Waals surface area contributed by atoms with E-state index >= 15 is 0 Å². The lowest BCUT2D eigenvalue weighted by atomic mass is 10.0. The number of rotatable bonds is 5. The average molecular weight is 287 g/mol. The summed E-state index contributed by atoms with van der Waals surface area (Å²) in [5.41, 5.74) is 6.56. The quantitative estimate of drug-likeness (QED) is 0.575. The van der Waals surface area contributed by atoms with E-state index in [4.69, 9.17) is 10.6 Å². The van der Waals surface area contributed by atoms with Crippen molar-refractivity contribution in [1.82, 2.24) is 9.96 Å². The molecule has 20 heavy (non-hydrogen) atoms. The average Bonchev–Trinajstić information content (AvgIpc) is 2.65. The second-order valence-electron chi connectivity index (χ2n) is 4.66. The number of halogens is 1. The lowest BCUT2D eigenvalue weighted by Gasteiger charge is -2.28. The Labute approximate surface area is 116 Å². The standard InChI is InChI=1S/C12H18FN3O4/c1-3-19-11(17)10(13)20-16-8-4-7(2)9(5-14)15(6-8)12(16)18/h4,8-10H,3,5-6,14H2,1-2H3/t8-,9-,10-/m1/s1. The fourth-order valence-corrected chi connectivity index (χ4v) is 2.45. The molecule has 7 nitrogen and oxygen atoms in total. The van der Waals surface area contributed by atoms with E-state index in [1.807, 2.05) is 6.92 Å². The number of alkyl halides is 1. The summed E-state index contributed by atoms with van der Waals surface area (Å²) >= 11 is 0. The van der Waals surface area contributed by atoms with Crippen molar-refractivity contribution in [3.63, 3.8) is 0 Å². The minimum absolute atomic E-state index is 0.0420. The van der Waals surface area contributed by atoms with Crippen LogP contribution >= 0.6 is 0 Å². The molecule has 0 aromatic rings. The Morgan fingerprint density at radius 1 is 1.65 bits per heavy atom. The number of fused-ring (bicyclic) bond motifs is 2. The first-order valence-electron chi connectivity index (χ1n) is 6.45. The molecule has 2 aliphatic rings. The minimum atomic E-state index is -2.32. The third-order valence-corrected chi connectivity index (χ3v) is 3.38. The molecule has 3 atom stereocenters. The van der Waals surface area contributed by atoms with Gasteiger partial charge in [-0.25, -0.2) is 18.8 Å². The van der Waals surface area contributed by atoms with E-state index in [1.165, 1.54) is 4.90 Å². The molecule has 2 heterocycles. The SMILES string of the molecule is CCOC(=O)[C@H](F)ON1C(=O)N2C[C@H]1C=C(C)[C@H]2CN. The van der Waals surface area contributed by atoms with Crippen molar-refractivity contribution in [3.8, 4) is 0 Å². The topological polar surface area (TPSA) is 85.1 Å². The molecule has 0 saturated carbocycles. The number of carbonyl (C=O) groups excluding carboxylic acids is 2. The molecule has 2 rings (SSSR count). The van der Waals surface area contributed by atoms with Crippen LogP contribution in [0, 0.1) is 0 Å². The Kier molecular flexibility index (Phi) is 4.24. The summed E-state index contributed by atoms with van der Waals surface area (Å²) in [6.07, 6.45) is -0.513. The van der Waals surface area contributed by atoms with Gasteiger partial charge in [0.15, 0.2) is 0 Å². The highest BCUT2D eigenvalue weighted by Crippen LogP contribution is 2.29. The van der Waals surface area contributed by atoms with Gasteiger partial charge in [-0.15, -0.1) is 0 Å². The number of nitrogens with two attached hydrogens (primary N) is 1. The van der Waals surface area contributed by atoms with Crippen molar-refractivity contribution < 1.29 is 23.6 Å². The van der Waals surface area contributed by atoms with Crippen molar-refractivity contribution in [2.45, 2.75) is 32.3 Å². The van der Waals surface area contributed by atoms with E-state index in [-0.39, 0.29) is 19.2 Å². The van der Waals surface area contributed by atoms with Gasteiger partial charge in [0.2, 0.25) is 0 Å². The zero-order valence-corrected chi connectivity index (χ0v) is 11.4. The fraction of sp³-hybridized carbons (Fsp3) is 0.667. The summed E-state index contributed by atoms with van der Waals surface area (Å²) in [6, 6.07) is -1.13. The van der Waals surface area contributed by atoms with Crippen molar-refractivity contribution in [2.24, 2.45) is 5.73 Å². The van der Waals surface area contributed by atoms with E-state index in [2.05, 4.69) is 4.74 Å². The third kappa shape index (κ3) is 2.48. The molecule has 0 aromatic heterocycles. The molecule has 0 aromatic carbocycles. The molecular weight excluding hydrogens is 269 g/mol. The maximum atomic E-state index is 13.6. The smallest absolute Gasteiger partial charge is 0.370 e. The van der Waals surface area contributed by atoms with Gasteiger partial charge >= 0.3 is 18.4 Å². The van der Waals surface area contributed by atoms with Crippen LogP contribution in [-0.4, -0.2) is 60.1 Å². The number of amides is 2. The number of ether oxygens (including phenoxy) is 1. The van der Waals surface area contributed by atoms with E-state index in [0.717, 1.165) is 10.6 Å². The highest BCUT2D eigenvalue weighted by atomic mass is 19.1. The Balaban J connectivity index is 2.08. The summed E-state index contributed by atoms with van der Waals surface area (Å²) < 4.78 is 18.1. The number of carbonyl (C=O) groups is 2. The Morgan fingerprint density at radius 2 is 2.35 bits per heavy atom. The second-order valence-corrected chi connectivity index (χ2v) is 4.66. The van der Waals surface area contributed by atoms with Crippen molar-refractivity contribution in [2.75, 3.05) is 19.7 Å². The van der Waals surface area contributed by atoms with Gasteiger partial charge in [0.25, 0.3) is 0 Å². The van der Waals surface area contributed by atoms with Gasteiger partial charge < -0.3 is 15.4 Å². The van der Waals surface area contributed by atoms with Crippen LogP contribution in [0.5, 0.6) is 0 Å². The van der Waals surface area contributed by atoms with Crippen LogP contribution in [0.2, 0.25) is 0 Å². The van der Waals surface area contributed by atoms with Gasteiger partial charge in [-0.3, -0.25) is 0 Å². The maximum Gasteiger partial charge on any atom is 0.370 e. The van der Waals surface area contributed by atoms with Crippen LogP contribution in [0.3, 0.4) is 0 Å². The summed E-state index contributed by atoms with van der Waals surface area (Å²) in [5.74, 6) is -1.15. The Hall–Kier alpha value is -1.67. The second kappa shape index (κ2) is 5.76. The van der Waals surface area contributed by atoms with Gasteiger partial charge in [-0.05, 0) is 13.8 Å². The zero-order valence-electron chi connectivity index (χ0n) is 11.4. The molecule has 0 radical (unpaired) electrons. The van der Waals surface area contributed by atoms with Crippen LogP contribution in [0.15, 0.2) is 11.6 Å². The van der Waals surface area contributed by atoms with E-state index in [9.17, 15) is 14.0 Å². The van der Waals surface area contributed by atoms with Crippen molar-refractivity contribution >= 4 is 12.0 Å². The summed E-state index contributed by atoms with van der Waals surface area (Å²) in [7, 11) is 0. The minimum Gasteiger partial charge on any atom is -0.462 e. The van der Waals surface area contributed by atoms with Crippen LogP contribution < -0.4 is 5.73 Å². The molecule has 8 heteroatoms. The molecule has 0 aliphatic carbocycles. The highest BCUT2D eigenvalue weighted by molar-refractivity contribution is 5.79. The van der Waals surface area contributed by atoms with Gasteiger partial charge in [0.05, 0.1) is 18.7 Å². The molecule has 2 N–H and O–H groups in total. The molecule has 1 fully saturated rings. The number of esters is 1. The summed E-state index contributed by atoms with van der Waals surface area (Å²) in [6.45, 7) is 4.10. The number of hydrogen-bond acceptors (Lipinski definition) is 5. The molecule has 1 saturated heterocycles. The lowest BCUT2D eigenvalue weighted by Crippen LogP contribution is -2.44. The van der Waals surface area contributed by atoms with E-state index in [1.54, 1.807) is 13.0 Å². The van der Waals surface area contributed by atoms with Gasteiger partial charge in [0.1, 0.15) is 0 Å². The highest BCUT2D eigenvalue weighted by Gasteiger charge is 2.46. The Morgan fingerprint density at radius 3 is 2.95 bits per heavy atom. The molecule has 0 unspecified atom stereocenters. The summed E-state index contributed by atoms with van der Waals surface area (Å²) in [4.78, 5) is 29.7. The molecular formula is C12H18FN3O4. The molecule has 2 aliphatic heterocycles. The van der Waals surface area contributed by atoms with Crippen LogP contribution in [0.25, 0.3) is 0 Å². The lowest BCUT2D eigenvalue weighted by molar-refractivity contribution is -0.223. The number of hydroxylamine groups is 2.